The molecule has 0 amide bonds. The van der Waals surface area contributed by atoms with Gasteiger partial charge in [-0.25, -0.2) is 19.1 Å². The maximum absolute atomic E-state index is 12.7. The molecular formula is C19H24N2O4. The number of carboxylic acids is 1. The van der Waals surface area contributed by atoms with E-state index < -0.39 is 17.7 Å². The molecule has 0 bridgehead atoms. The second-order valence-electron chi connectivity index (χ2n) is 6.86. The number of aryl methyl sites for hydroxylation is 1. The van der Waals surface area contributed by atoms with Crippen molar-refractivity contribution < 1.29 is 19.4 Å². The molecule has 0 spiro atoms. The van der Waals surface area contributed by atoms with Crippen LogP contribution in [-0.4, -0.2) is 32.3 Å². The minimum Gasteiger partial charge on any atom is -0.478 e. The minimum absolute atomic E-state index is 0.157. The molecule has 2 rings (SSSR count). The summed E-state index contributed by atoms with van der Waals surface area (Å²) >= 11 is 0. The Bertz CT molecular complexity index is 772. The van der Waals surface area contributed by atoms with Crippen LogP contribution >= 0.6 is 0 Å². The number of unbranched alkanes of at least 4 members (excludes halogenated alkanes) is 1. The third kappa shape index (κ3) is 4.68. The van der Waals surface area contributed by atoms with E-state index in [9.17, 15) is 14.7 Å². The lowest BCUT2D eigenvalue weighted by atomic mass is 10.1. The van der Waals surface area contributed by atoms with Crippen molar-refractivity contribution in [2.24, 2.45) is 0 Å². The summed E-state index contributed by atoms with van der Waals surface area (Å²) in [4.78, 5) is 28.3. The Kier molecular flexibility index (Phi) is 5.62. The average Bonchev–Trinajstić information content (AvgIpc) is 2.95. The molecule has 0 fully saturated rings. The van der Waals surface area contributed by atoms with Gasteiger partial charge in [-0.1, -0.05) is 25.5 Å². The zero-order chi connectivity index (χ0) is 18.6. The smallest absolute Gasteiger partial charge is 0.420 e. The van der Waals surface area contributed by atoms with Crippen LogP contribution in [0.15, 0.2) is 30.5 Å². The molecule has 0 aliphatic rings. The third-order valence-corrected chi connectivity index (χ3v) is 3.57. The predicted octanol–water partition coefficient (Wildman–Crippen LogP) is 4.37. The second-order valence-corrected chi connectivity index (χ2v) is 6.86. The lowest BCUT2D eigenvalue weighted by Gasteiger charge is -2.21. The van der Waals surface area contributed by atoms with Crippen LogP contribution in [0.5, 0.6) is 0 Å². The summed E-state index contributed by atoms with van der Waals surface area (Å²) in [6, 6.07) is 6.45. The standard InChI is InChI=1S/C19H24N2O4/c1-5-6-10-16-20-12-15(21(16)18(24)25-19(2,3)4)13-8-7-9-14(11-13)17(22)23/h7-9,11-12H,5-6,10H2,1-4H3,(H,22,23). The third-order valence-electron chi connectivity index (χ3n) is 3.57. The van der Waals surface area contributed by atoms with Gasteiger partial charge in [0.25, 0.3) is 0 Å². The Labute approximate surface area is 147 Å². The lowest BCUT2D eigenvalue weighted by Crippen LogP contribution is -2.28. The first kappa shape index (κ1) is 18.7. The first-order chi connectivity index (χ1) is 11.7. The molecular weight excluding hydrogens is 320 g/mol. The van der Waals surface area contributed by atoms with Crippen molar-refractivity contribution in [1.29, 1.82) is 0 Å². The molecule has 0 radical (unpaired) electrons. The lowest BCUT2D eigenvalue weighted by molar-refractivity contribution is 0.0534. The van der Waals surface area contributed by atoms with Crippen molar-refractivity contribution in [3.63, 3.8) is 0 Å². The summed E-state index contributed by atoms with van der Waals surface area (Å²) in [6.45, 7) is 7.48. The van der Waals surface area contributed by atoms with Crippen molar-refractivity contribution in [1.82, 2.24) is 9.55 Å². The van der Waals surface area contributed by atoms with Crippen LogP contribution in [-0.2, 0) is 11.2 Å². The zero-order valence-corrected chi connectivity index (χ0v) is 15.1. The number of hydrogen-bond acceptors (Lipinski definition) is 4. The molecule has 25 heavy (non-hydrogen) atoms. The number of benzene rings is 1. The molecule has 0 unspecified atom stereocenters. The number of hydrogen-bond donors (Lipinski definition) is 1. The van der Waals surface area contributed by atoms with Crippen molar-refractivity contribution in [3.8, 4) is 11.3 Å². The van der Waals surface area contributed by atoms with Gasteiger partial charge in [-0.2, -0.15) is 0 Å². The van der Waals surface area contributed by atoms with Crippen LogP contribution < -0.4 is 0 Å². The summed E-state index contributed by atoms with van der Waals surface area (Å²) < 4.78 is 6.96. The molecule has 1 heterocycles. The largest absolute Gasteiger partial charge is 0.478 e. The molecule has 0 aliphatic heterocycles. The van der Waals surface area contributed by atoms with E-state index in [1.807, 2.05) is 0 Å². The second kappa shape index (κ2) is 7.51. The number of carbonyl (C=O) groups excluding carboxylic acids is 1. The molecule has 6 nitrogen and oxygen atoms in total. The normalized spacial score (nSPS) is 11.4. The Morgan fingerprint density at radius 1 is 1.28 bits per heavy atom. The van der Waals surface area contributed by atoms with Gasteiger partial charge < -0.3 is 9.84 Å². The van der Waals surface area contributed by atoms with Gasteiger partial charge in [0.2, 0.25) is 0 Å². The zero-order valence-electron chi connectivity index (χ0n) is 15.1. The monoisotopic (exact) mass is 344 g/mol. The van der Waals surface area contributed by atoms with E-state index in [4.69, 9.17) is 4.74 Å². The fourth-order valence-corrected chi connectivity index (χ4v) is 2.43. The molecule has 1 aromatic heterocycles. The van der Waals surface area contributed by atoms with Gasteiger partial charge in [-0.15, -0.1) is 0 Å². The van der Waals surface area contributed by atoms with Gasteiger partial charge >= 0.3 is 12.1 Å². The molecule has 0 atom stereocenters. The van der Waals surface area contributed by atoms with E-state index in [0.29, 0.717) is 23.5 Å². The number of aromatic carboxylic acids is 1. The van der Waals surface area contributed by atoms with Crippen LogP contribution in [0.4, 0.5) is 4.79 Å². The average molecular weight is 344 g/mol. The fraction of sp³-hybridized carbons (Fsp3) is 0.421. The fourth-order valence-electron chi connectivity index (χ4n) is 2.43. The van der Waals surface area contributed by atoms with E-state index in [1.165, 1.54) is 16.7 Å². The Hall–Kier alpha value is -2.63. The quantitative estimate of drug-likeness (QED) is 0.871. The molecule has 0 saturated carbocycles. The SMILES string of the molecule is CCCCc1ncc(-c2cccc(C(=O)O)c2)n1C(=O)OC(C)(C)C. The molecule has 1 aromatic carbocycles. The van der Waals surface area contributed by atoms with E-state index in [-0.39, 0.29) is 5.56 Å². The predicted molar refractivity (Wildman–Crippen MR) is 94.9 cm³/mol. The minimum atomic E-state index is -1.02. The number of aromatic nitrogens is 2. The number of carbonyl (C=O) groups is 2. The number of rotatable bonds is 5. The van der Waals surface area contributed by atoms with Crippen molar-refractivity contribution in [2.75, 3.05) is 0 Å². The topological polar surface area (TPSA) is 81.4 Å². The summed E-state index contributed by atoms with van der Waals surface area (Å²) in [5.41, 5.74) is 0.665. The Balaban J connectivity index is 2.50. The van der Waals surface area contributed by atoms with Crippen molar-refractivity contribution >= 4 is 12.1 Å². The maximum atomic E-state index is 12.7. The Morgan fingerprint density at radius 3 is 2.60 bits per heavy atom. The molecule has 0 aliphatic carbocycles. The maximum Gasteiger partial charge on any atom is 0.420 e. The number of carboxylic acid groups (broad SMARTS) is 1. The van der Waals surface area contributed by atoms with Crippen LogP contribution in [0.25, 0.3) is 11.3 Å². The van der Waals surface area contributed by atoms with Crippen LogP contribution in [0.1, 0.15) is 56.7 Å². The molecule has 1 N–H and O–H groups in total. The highest BCUT2D eigenvalue weighted by atomic mass is 16.6. The highest BCUT2D eigenvalue weighted by Crippen LogP contribution is 2.24. The molecule has 6 heteroatoms. The van der Waals surface area contributed by atoms with Gasteiger partial charge in [0.1, 0.15) is 11.4 Å². The van der Waals surface area contributed by atoms with E-state index in [1.54, 1.807) is 39.1 Å². The van der Waals surface area contributed by atoms with E-state index in [0.717, 1.165) is 12.8 Å². The summed E-state index contributed by atoms with van der Waals surface area (Å²) in [5, 5.41) is 9.19. The van der Waals surface area contributed by atoms with E-state index >= 15 is 0 Å². The summed E-state index contributed by atoms with van der Waals surface area (Å²) in [7, 11) is 0. The van der Waals surface area contributed by atoms with Gasteiger partial charge in [-0.3, -0.25) is 0 Å². The van der Waals surface area contributed by atoms with Crippen LogP contribution in [0.2, 0.25) is 0 Å². The first-order valence-electron chi connectivity index (χ1n) is 8.36. The van der Waals surface area contributed by atoms with Gasteiger partial charge in [0.05, 0.1) is 17.5 Å². The molecule has 134 valence electrons. The summed E-state index contributed by atoms with van der Waals surface area (Å²) in [6.07, 6.45) is 3.61. The van der Waals surface area contributed by atoms with Crippen molar-refractivity contribution in [2.45, 2.75) is 52.6 Å². The first-order valence-corrected chi connectivity index (χ1v) is 8.36. The highest BCUT2D eigenvalue weighted by molar-refractivity contribution is 5.89. The molecule has 0 saturated heterocycles. The number of ether oxygens (including phenoxy) is 1. The van der Waals surface area contributed by atoms with E-state index in [2.05, 4.69) is 11.9 Å². The molecule has 2 aromatic rings. The van der Waals surface area contributed by atoms with Gasteiger partial charge in [-0.05, 0) is 39.3 Å². The van der Waals surface area contributed by atoms with Gasteiger partial charge in [0, 0.05) is 12.0 Å². The summed E-state index contributed by atoms with van der Waals surface area (Å²) in [5.74, 6) is -0.400. The highest BCUT2D eigenvalue weighted by Gasteiger charge is 2.24. The number of imidazole rings is 1. The van der Waals surface area contributed by atoms with Gasteiger partial charge in [0.15, 0.2) is 0 Å². The number of nitrogens with zero attached hydrogens (tertiary/aromatic N) is 2. The van der Waals surface area contributed by atoms with Crippen molar-refractivity contribution in [3.05, 3.63) is 41.9 Å². The van der Waals surface area contributed by atoms with Crippen LogP contribution in [0.3, 0.4) is 0 Å². The Morgan fingerprint density at radius 2 is 2.00 bits per heavy atom. The van der Waals surface area contributed by atoms with Crippen LogP contribution in [0, 0.1) is 0 Å².